The number of fused-ring (bicyclic) bond motifs is 1. The summed E-state index contributed by atoms with van der Waals surface area (Å²) in [7, 11) is -1.18. The van der Waals surface area contributed by atoms with E-state index < -0.39 is 9.84 Å². The monoisotopic (exact) mass is 476 g/mol. The number of aromatic nitrogens is 1. The molecule has 1 aromatic heterocycles. The number of H-pyrrole nitrogens is 1. The molecule has 138 valence electrons. The van der Waals surface area contributed by atoms with Gasteiger partial charge in [0, 0.05) is 36.2 Å². The Morgan fingerprint density at radius 3 is 2.80 bits per heavy atom. The second-order valence-electron chi connectivity index (χ2n) is 6.27. The van der Waals surface area contributed by atoms with E-state index in [9.17, 15) is 8.42 Å². The van der Waals surface area contributed by atoms with Crippen molar-refractivity contribution in [2.75, 3.05) is 25.1 Å². The fraction of sp³-hybridized carbons (Fsp3) is 0.471. The summed E-state index contributed by atoms with van der Waals surface area (Å²) in [5.41, 5.74) is 3.64. The Hall–Kier alpha value is -1.29. The molecule has 1 fully saturated rings. The van der Waals surface area contributed by atoms with Crippen LogP contribution in [0.15, 0.2) is 29.3 Å². The van der Waals surface area contributed by atoms with E-state index in [2.05, 4.69) is 39.7 Å². The highest BCUT2D eigenvalue weighted by Gasteiger charge is 2.28. The lowest BCUT2D eigenvalue weighted by atomic mass is 10.1. The van der Waals surface area contributed by atoms with Crippen molar-refractivity contribution >= 4 is 50.7 Å². The van der Waals surface area contributed by atoms with Crippen LogP contribution in [0.3, 0.4) is 0 Å². The standard InChI is InChI=1S/C17H24N4O2S.HI/c1-12-14(15-5-3-4-6-16(15)20-12)7-9-19-17(18-2)21-13-8-10-24(22,23)11-13;/h3-6,13,20H,7-11H2,1-2H3,(H2,18,19,21);1H. The SMILES string of the molecule is CN=C(NCCc1c(C)[nH]c2ccccc12)NC1CCS(=O)(=O)C1.I. The number of halogens is 1. The predicted molar refractivity (Wildman–Crippen MR) is 114 cm³/mol. The lowest BCUT2D eigenvalue weighted by molar-refractivity contribution is 0.599. The number of aromatic amines is 1. The number of nitrogens with zero attached hydrogens (tertiary/aromatic N) is 1. The van der Waals surface area contributed by atoms with Gasteiger partial charge in [0.25, 0.3) is 0 Å². The summed E-state index contributed by atoms with van der Waals surface area (Å²) in [5.74, 6) is 1.11. The van der Waals surface area contributed by atoms with Gasteiger partial charge in [-0.05, 0) is 31.4 Å². The van der Waals surface area contributed by atoms with Gasteiger partial charge in [0.1, 0.15) is 0 Å². The van der Waals surface area contributed by atoms with Gasteiger partial charge in [0.2, 0.25) is 0 Å². The number of guanidine groups is 1. The number of rotatable bonds is 4. The number of aryl methyl sites for hydroxylation is 1. The molecule has 0 amide bonds. The lowest BCUT2D eigenvalue weighted by Crippen LogP contribution is -2.44. The van der Waals surface area contributed by atoms with Crippen molar-refractivity contribution in [1.29, 1.82) is 0 Å². The molecular weight excluding hydrogens is 451 g/mol. The van der Waals surface area contributed by atoms with E-state index >= 15 is 0 Å². The van der Waals surface area contributed by atoms with E-state index in [4.69, 9.17) is 0 Å². The first-order chi connectivity index (χ1) is 11.5. The van der Waals surface area contributed by atoms with Gasteiger partial charge >= 0.3 is 0 Å². The van der Waals surface area contributed by atoms with Crippen molar-refractivity contribution in [3.8, 4) is 0 Å². The smallest absolute Gasteiger partial charge is 0.191 e. The Morgan fingerprint density at radius 2 is 2.12 bits per heavy atom. The van der Waals surface area contributed by atoms with Crippen LogP contribution in [0, 0.1) is 6.92 Å². The molecule has 0 radical (unpaired) electrons. The highest BCUT2D eigenvalue weighted by molar-refractivity contribution is 14.0. The van der Waals surface area contributed by atoms with Crippen LogP contribution in [0.2, 0.25) is 0 Å². The molecule has 2 heterocycles. The normalized spacial score (nSPS) is 19.6. The highest BCUT2D eigenvalue weighted by Crippen LogP contribution is 2.21. The van der Waals surface area contributed by atoms with Gasteiger partial charge in [-0.3, -0.25) is 4.99 Å². The average molecular weight is 476 g/mol. The van der Waals surface area contributed by atoms with Crippen LogP contribution in [-0.2, 0) is 16.3 Å². The zero-order valence-corrected chi connectivity index (χ0v) is 17.6. The number of hydrogen-bond acceptors (Lipinski definition) is 3. The second-order valence-corrected chi connectivity index (χ2v) is 8.50. The van der Waals surface area contributed by atoms with Gasteiger partial charge in [-0.15, -0.1) is 24.0 Å². The predicted octanol–water partition coefficient (Wildman–Crippen LogP) is 1.99. The molecule has 1 saturated heterocycles. The average Bonchev–Trinajstić information content (AvgIpc) is 3.05. The van der Waals surface area contributed by atoms with E-state index in [1.807, 2.05) is 12.1 Å². The van der Waals surface area contributed by atoms with Crippen molar-refractivity contribution in [3.63, 3.8) is 0 Å². The summed E-state index contributed by atoms with van der Waals surface area (Å²) in [6.45, 7) is 2.83. The number of benzene rings is 1. The molecule has 0 saturated carbocycles. The summed E-state index contributed by atoms with van der Waals surface area (Å²) >= 11 is 0. The van der Waals surface area contributed by atoms with Gasteiger partial charge in [0.15, 0.2) is 15.8 Å². The molecule has 0 aliphatic carbocycles. The third kappa shape index (κ3) is 4.87. The number of hydrogen-bond donors (Lipinski definition) is 3. The maximum atomic E-state index is 11.5. The third-order valence-electron chi connectivity index (χ3n) is 4.49. The topological polar surface area (TPSA) is 86.3 Å². The Balaban J connectivity index is 0.00000225. The zero-order chi connectivity index (χ0) is 17.2. The summed E-state index contributed by atoms with van der Waals surface area (Å²) in [6, 6.07) is 8.25. The molecule has 3 N–H and O–H groups in total. The van der Waals surface area contributed by atoms with Crippen molar-refractivity contribution in [1.82, 2.24) is 15.6 Å². The van der Waals surface area contributed by atoms with Crippen molar-refractivity contribution < 1.29 is 8.42 Å². The van der Waals surface area contributed by atoms with E-state index in [-0.39, 0.29) is 41.5 Å². The highest BCUT2D eigenvalue weighted by atomic mass is 127. The lowest BCUT2D eigenvalue weighted by Gasteiger charge is -2.16. The minimum atomic E-state index is -2.88. The summed E-state index contributed by atoms with van der Waals surface area (Å²) in [6.07, 6.45) is 1.52. The molecule has 8 heteroatoms. The van der Waals surface area contributed by atoms with Crippen LogP contribution in [0.5, 0.6) is 0 Å². The Labute approximate surface area is 165 Å². The molecule has 25 heavy (non-hydrogen) atoms. The Kier molecular flexibility index (Phi) is 6.72. The maximum absolute atomic E-state index is 11.5. The molecule has 0 spiro atoms. The fourth-order valence-electron chi connectivity index (χ4n) is 3.26. The summed E-state index contributed by atoms with van der Waals surface area (Å²) in [5, 5.41) is 7.74. The molecule has 1 atom stereocenters. The van der Waals surface area contributed by atoms with Crippen molar-refractivity contribution in [3.05, 3.63) is 35.5 Å². The molecular formula is C17H25IN4O2S. The third-order valence-corrected chi connectivity index (χ3v) is 6.26. The minimum Gasteiger partial charge on any atom is -0.358 e. The van der Waals surface area contributed by atoms with Crippen LogP contribution in [0.1, 0.15) is 17.7 Å². The van der Waals surface area contributed by atoms with E-state index in [0.717, 1.165) is 18.5 Å². The molecule has 3 rings (SSSR count). The van der Waals surface area contributed by atoms with Crippen LogP contribution < -0.4 is 10.6 Å². The number of para-hydroxylation sites is 1. The number of sulfone groups is 1. The van der Waals surface area contributed by atoms with E-state index in [0.29, 0.717) is 12.4 Å². The first-order valence-electron chi connectivity index (χ1n) is 8.22. The number of nitrogens with one attached hydrogen (secondary N) is 3. The summed E-state index contributed by atoms with van der Waals surface area (Å²) < 4.78 is 23.1. The van der Waals surface area contributed by atoms with Gasteiger partial charge < -0.3 is 15.6 Å². The van der Waals surface area contributed by atoms with Crippen LogP contribution in [0.4, 0.5) is 0 Å². The fourth-order valence-corrected chi connectivity index (χ4v) is 4.93. The molecule has 1 aromatic carbocycles. The van der Waals surface area contributed by atoms with E-state index in [1.54, 1.807) is 7.05 Å². The van der Waals surface area contributed by atoms with E-state index in [1.165, 1.54) is 16.6 Å². The second kappa shape index (κ2) is 8.39. The van der Waals surface area contributed by atoms with Gasteiger partial charge in [0.05, 0.1) is 11.5 Å². The van der Waals surface area contributed by atoms with Crippen LogP contribution >= 0.6 is 24.0 Å². The molecule has 0 bridgehead atoms. The molecule has 6 nitrogen and oxygen atoms in total. The van der Waals surface area contributed by atoms with Crippen LogP contribution in [-0.4, -0.2) is 50.5 Å². The summed E-state index contributed by atoms with van der Waals surface area (Å²) in [4.78, 5) is 7.60. The van der Waals surface area contributed by atoms with Gasteiger partial charge in [-0.1, -0.05) is 18.2 Å². The zero-order valence-electron chi connectivity index (χ0n) is 14.5. The van der Waals surface area contributed by atoms with Crippen LogP contribution in [0.25, 0.3) is 10.9 Å². The Bertz CT molecular complexity index is 861. The minimum absolute atomic E-state index is 0. The van der Waals surface area contributed by atoms with Crippen molar-refractivity contribution in [2.45, 2.75) is 25.8 Å². The largest absolute Gasteiger partial charge is 0.358 e. The molecule has 1 unspecified atom stereocenters. The first-order valence-corrected chi connectivity index (χ1v) is 10.0. The molecule has 1 aliphatic heterocycles. The Morgan fingerprint density at radius 1 is 1.36 bits per heavy atom. The molecule has 2 aromatic rings. The maximum Gasteiger partial charge on any atom is 0.191 e. The molecule has 1 aliphatic rings. The van der Waals surface area contributed by atoms with Gasteiger partial charge in [-0.2, -0.15) is 0 Å². The van der Waals surface area contributed by atoms with Crippen molar-refractivity contribution in [2.24, 2.45) is 4.99 Å². The first kappa shape index (κ1) is 20.0. The van der Waals surface area contributed by atoms with Gasteiger partial charge in [-0.25, -0.2) is 8.42 Å². The number of aliphatic imine (C=N–C) groups is 1. The quantitative estimate of drug-likeness (QED) is 0.358.